The highest BCUT2D eigenvalue weighted by Gasteiger charge is 2.84. The first kappa shape index (κ1) is 49.9. The van der Waals surface area contributed by atoms with Crippen molar-refractivity contribution in [2.75, 3.05) is 21.3 Å². The Morgan fingerprint density at radius 1 is 0.561 bits per heavy atom. The minimum atomic E-state index is -7.13. The van der Waals surface area contributed by atoms with Crippen LogP contribution in [0.15, 0.2) is 88.4 Å². The summed E-state index contributed by atoms with van der Waals surface area (Å²) in [6, 6.07) is 13.5. The Balaban J connectivity index is 1.25. The highest BCUT2D eigenvalue weighted by molar-refractivity contribution is 7.97. The van der Waals surface area contributed by atoms with Crippen LogP contribution in [0, 0.1) is 0 Å². The summed E-state index contributed by atoms with van der Waals surface area (Å²) in [7, 11) is -11.2. The molecule has 4 aliphatic rings. The molecule has 18 heteroatoms. The molecule has 3 aromatic carbocycles. The Labute approximate surface area is 386 Å². The molecule has 9 nitrogen and oxygen atoms in total. The van der Waals surface area contributed by atoms with Crippen LogP contribution >= 0.6 is 0 Å². The van der Waals surface area contributed by atoms with Gasteiger partial charge >= 0.3 is 36.7 Å². The maximum absolute atomic E-state index is 16.2. The van der Waals surface area contributed by atoms with Crippen molar-refractivity contribution in [2.45, 2.75) is 152 Å². The minimum absolute atomic E-state index is 0.0994. The van der Waals surface area contributed by atoms with Crippen molar-refractivity contribution in [3.63, 3.8) is 0 Å². The molecule has 0 aromatic heterocycles. The molecule has 66 heavy (non-hydrogen) atoms. The molecule has 3 aromatic rings. The zero-order valence-electron chi connectivity index (χ0n) is 37.2. The summed E-state index contributed by atoms with van der Waals surface area (Å²) in [4.78, 5) is 0.834. The zero-order chi connectivity index (χ0) is 47.5. The van der Waals surface area contributed by atoms with Gasteiger partial charge in [0.15, 0.2) is 20.8 Å². The van der Waals surface area contributed by atoms with Gasteiger partial charge in [-0.1, -0.05) is 82.1 Å². The van der Waals surface area contributed by atoms with E-state index in [9.17, 15) is 16.8 Å². The van der Waals surface area contributed by atoms with E-state index in [1.165, 1.54) is 27.4 Å². The lowest BCUT2D eigenvalue weighted by Gasteiger charge is -2.34. The SMILES string of the molecule is COC1=CC=CC([S+](c2cccc(OC)c2)c2cc(OC)cc(OS(=O)(=O)C(F)(F)C(F)(F)C(F)(F)S(=O)(=O)Oc3c(C4CCCCC4)cc(C4CCCCC4)cc3C3CCCCC3)c2)C1. The van der Waals surface area contributed by atoms with E-state index in [1.807, 2.05) is 6.08 Å². The molecule has 3 fully saturated rings. The Morgan fingerprint density at radius 2 is 1.06 bits per heavy atom. The van der Waals surface area contributed by atoms with Crippen molar-refractivity contribution in [1.29, 1.82) is 0 Å². The molecule has 0 aliphatic heterocycles. The third-order valence-corrected chi connectivity index (χ3v) is 18.3. The van der Waals surface area contributed by atoms with E-state index in [0.29, 0.717) is 48.5 Å². The lowest BCUT2D eigenvalue weighted by Crippen LogP contribution is -2.62. The lowest BCUT2D eigenvalue weighted by atomic mass is 9.75. The highest BCUT2D eigenvalue weighted by Crippen LogP contribution is 2.54. The number of alkyl halides is 6. The standard InChI is InChI=1S/C48H57F6O9S3/c1-59-36-21-13-23-40(28-36)64(41-24-14-22-37(29-41)60-2)42-30-38(61-3)27-39(31-42)62-65(55,56)47(51,52)46(49,50)48(53,54)66(57,58)63-45-43(33-17-9-5-10-18-33)25-35(32-15-7-4-8-16-32)26-44(45)34-19-11-6-12-20-34/h13-14,21-28,30-34,41H,4-12,15-20,29H2,1-3H3/q+1. The molecular formula is C48H57F6O9S3+. The molecule has 2 atom stereocenters. The second kappa shape index (κ2) is 20.3. The fourth-order valence-electron chi connectivity index (χ4n) is 9.72. The minimum Gasteiger partial charge on any atom is -0.501 e. The second-order valence-electron chi connectivity index (χ2n) is 17.5. The molecular weight excluding hydrogens is 931 g/mol. The van der Waals surface area contributed by atoms with Gasteiger partial charge in [-0.25, -0.2) is 0 Å². The highest BCUT2D eigenvalue weighted by atomic mass is 32.2. The first-order valence-electron chi connectivity index (χ1n) is 22.5. The number of halogens is 6. The third kappa shape index (κ3) is 10.1. The van der Waals surface area contributed by atoms with Crippen molar-refractivity contribution in [2.24, 2.45) is 0 Å². The van der Waals surface area contributed by atoms with Gasteiger partial charge in [0.1, 0.15) is 23.0 Å². The summed E-state index contributed by atoms with van der Waals surface area (Å²) >= 11 is 0. The van der Waals surface area contributed by atoms with Crippen molar-refractivity contribution in [3.8, 4) is 23.0 Å². The van der Waals surface area contributed by atoms with Crippen LogP contribution < -0.4 is 17.8 Å². The first-order valence-corrected chi connectivity index (χ1v) is 26.6. The van der Waals surface area contributed by atoms with Gasteiger partial charge in [0, 0.05) is 24.3 Å². The van der Waals surface area contributed by atoms with Crippen LogP contribution in [0.1, 0.15) is 137 Å². The van der Waals surface area contributed by atoms with E-state index >= 15 is 26.3 Å². The summed E-state index contributed by atoms with van der Waals surface area (Å²) < 4.78 is 177. The summed E-state index contributed by atoms with van der Waals surface area (Å²) in [6.07, 6.45) is 17.2. The maximum Gasteiger partial charge on any atom is 0.450 e. The second-order valence-corrected chi connectivity index (χ2v) is 22.9. The Morgan fingerprint density at radius 3 is 1.59 bits per heavy atom. The van der Waals surface area contributed by atoms with Gasteiger partial charge in [-0.3, -0.25) is 0 Å². The van der Waals surface area contributed by atoms with E-state index < -0.39 is 64.3 Å². The van der Waals surface area contributed by atoms with Gasteiger partial charge in [0.05, 0.1) is 38.6 Å². The average Bonchev–Trinajstić information content (AvgIpc) is 3.32. The topological polar surface area (TPSA) is 114 Å². The molecule has 0 radical (unpaired) electrons. The predicted molar refractivity (Wildman–Crippen MR) is 240 cm³/mol. The molecule has 4 aliphatic carbocycles. The summed E-state index contributed by atoms with van der Waals surface area (Å²) in [5.41, 5.74) is 1.42. The fourth-order valence-corrected chi connectivity index (χ4v) is 14.1. The van der Waals surface area contributed by atoms with E-state index in [0.717, 1.165) is 88.3 Å². The number of methoxy groups -OCH3 is 3. The summed E-state index contributed by atoms with van der Waals surface area (Å²) in [5.74, 6) is -8.44. The average molecular weight is 988 g/mol. The van der Waals surface area contributed by atoms with E-state index in [2.05, 4.69) is 4.18 Å². The van der Waals surface area contributed by atoms with Gasteiger partial charge in [-0.05, 0) is 97.3 Å². The van der Waals surface area contributed by atoms with Crippen molar-refractivity contribution in [3.05, 3.63) is 95.3 Å². The number of rotatable bonds is 17. The van der Waals surface area contributed by atoms with Crippen LogP contribution in [0.25, 0.3) is 0 Å². The largest absolute Gasteiger partial charge is 0.501 e. The lowest BCUT2D eigenvalue weighted by molar-refractivity contribution is -0.247. The first-order chi connectivity index (χ1) is 31.3. The number of benzene rings is 3. The van der Waals surface area contributed by atoms with Gasteiger partial charge in [-0.15, -0.1) is 0 Å². The van der Waals surface area contributed by atoms with Crippen LogP contribution in [0.3, 0.4) is 0 Å². The third-order valence-electron chi connectivity index (χ3n) is 13.3. The number of ether oxygens (including phenoxy) is 3. The van der Waals surface area contributed by atoms with Gasteiger partial charge in [0.25, 0.3) is 0 Å². The monoisotopic (exact) mass is 987 g/mol. The van der Waals surface area contributed by atoms with Crippen LogP contribution in [0.4, 0.5) is 26.3 Å². The van der Waals surface area contributed by atoms with Crippen LogP contribution in [-0.4, -0.2) is 59.8 Å². The number of hydrogen-bond donors (Lipinski definition) is 0. The Hall–Kier alpha value is -4.03. The predicted octanol–water partition coefficient (Wildman–Crippen LogP) is 12.7. The number of hydrogen-bond acceptors (Lipinski definition) is 9. The van der Waals surface area contributed by atoms with Crippen LogP contribution in [0.2, 0.25) is 0 Å². The van der Waals surface area contributed by atoms with Gasteiger partial charge < -0.3 is 22.6 Å². The van der Waals surface area contributed by atoms with Crippen molar-refractivity contribution in [1.82, 2.24) is 0 Å². The Kier molecular flexibility index (Phi) is 15.3. The molecule has 0 heterocycles. The fraction of sp³-hybridized carbons (Fsp3) is 0.542. The van der Waals surface area contributed by atoms with Crippen molar-refractivity contribution >= 4 is 31.1 Å². The summed E-state index contributed by atoms with van der Waals surface area (Å²) in [6.45, 7) is 0. The zero-order valence-corrected chi connectivity index (χ0v) is 39.7. The van der Waals surface area contributed by atoms with E-state index in [4.69, 9.17) is 18.4 Å². The number of allylic oxidation sites excluding steroid dienone is 3. The molecule has 0 bridgehead atoms. The molecule has 0 N–H and O–H groups in total. The summed E-state index contributed by atoms with van der Waals surface area (Å²) in [5, 5.41) is -14.0. The molecule has 3 saturated carbocycles. The maximum atomic E-state index is 16.2. The Bertz CT molecular complexity index is 2440. The normalized spacial score (nSPS) is 20.3. The molecule has 7 rings (SSSR count). The van der Waals surface area contributed by atoms with Crippen molar-refractivity contribution < 1.29 is 65.8 Å². The smallest absolute Gasteiger partial charge is 0.450 e. The van der Waals surface area contributed by atoms with E-state index in [1.54, 1.807) is 48.6 Å². The van der Waals surface area contributed by atoms with Gasteiger partial charge in [0.2, 0.25) is 0 Å². The molecule has 362 valence electrons. The molecule has 2 unspecified atom stereocenters. The molecule has 0 spiro atoms. The quantitative estimate of drug-likeness (QED) is 0.0741. The molecule has 0 amide bonds. The molecule has 0 saturated heterocycles. The van der Waals surface area contributed by atoms with E-state index in [-0.39, 0.29) is 39.5 Å². The van der Waals surface area contributed by atoms with Crippen LogP contribution in [0.5, 0.6) is 23.0 Å². The van der Waals surface area contributed by atoms with Crippen LogP contribution in [-0.2, 0) is 35.9 Å². The van der Waals surface area contributed by atoms with Gasteiger partial charge in [-0.2, -0.15) is 43.2 Å².